The molecular weight excluding hydrogens is 256 g/mol. The average molecular weight is 268 g/mol. The van der Waals surface area contributed by atoms with Gasteiger partial charge >= 0.3 is 6.17 Å². The predicted octanol–water partition coefficient (Wildman–Crippen LogP) is 1.17. The molecule has 0 N–H and O–H groups in total. The van der Waals surface area contributed by atoms with Crippen molar-refractivity contribution in [1.82, 2.24) is 0 Å². The lowest BCUT2D eigenvalue weighted by atomic mass is 10.2. The van der Waals surface area contributed by atoms with Crippen LogP contribution in [-0.2, 0) is 16.4 Å². The van der Waals surface area contributed by atoms with Crippen LogP contribution in [0.2, 0.25) is 0 Å². The highest BCUT2D eigenvalue weighted by Crippen LogP contribution is 2.34. The predicted molar refractivity (Wildman–Crippen MR) is 67.4 cm³/mol. The van der Waals surface area contributed by atoms with E-state index in [1.54, 1.807) is 24.3 Å². The van der Waals surface area contributed by atoms with Gasteiger partial charge in [0.2, 0.25) is 10.0 Å². The molecule has 0 aromatic heterocycles. The van der Waals surface area contributed by atoms with Gasteiger partial charge in [0.25, 0.3) is 0 Å². The Kier molecular flexibility index (Phi) is 3.08. The molecule has 6 nitrogen and oxygen atoms in total. The lowest BCUT2D eigenvalue weighted by Gasteiger charge is -2.20. The van der Waals surface area contributed by atoms with E-state index in [4.69, 9.17) is 0 Å². The van der Waals surface area contributed by atoms with E-state index < -0.39 is 21.1 Å². The highest BCUT2D eigenvalue weighted by molar-refractivity contribution is 7.93. The molecule has 1 atom stereocenters. The summed E-state index contributed by atoms with van der Waals surface area (Å²) in [6.45, 7) is 3.37. The molecule has 0 saturated heterocycles. The van der Waals surface area contributed by atoms with Crippen molar-refractivity contribution in [1.29, 1.82) is 0 Å². The molecule has 18 heavy (non-hydrogen) atoms. The Morgan fingerprint density at radius 1 is 1.50 bits per heavy atom. The lowest BCUT2D eigenvalue weighted by molar-refractivity contribution is -0.516. The maximum atomic E-state index is 12.1. The number of nitrogens with zero attached hydrogens (tertiary/aromatic N) is 2. The normalized spacial score (nSPS) is 18.4. The van der Waals surface area contributed by atoms with E-state index in [1.165, 1.54) is 6.08 Å². The monoisotopic (exact) mass is 268 g/mol. The Labute approximate surface area is 105 Å². The van der Waals surface area contributed by atoms with Gasteiger partial charge < -0.3 is 0 Å². The van der Waals surface area contributed by atoms with Crippen LogP contribution in [0.25, 0.3) is 0 Å². The standard InChI is InChI=1S/C11H12N2O4S/c1-2-7-18(16,17)12-10-6-4-3-5-9(10)8-11(12)13(14)15/h2-6,11H,1,7-8H2. The van der Waals surface area contributed by atoms with Crippen LogP contribution >= 0.6 is 0 Å². The van der Waals surface area contributed by atoms with Crippen molar-refractivity contribution in [2.75, 3.05) is 10.1 Å². The number of sulfonamides is 1. The lowest BCUT2D eigenvalue weighted by Crippen LogP contribution is -2.43. The van der Waals surface area contributed by atoms with Gasteiger partial charge in [-0.3, -0.25) is 10.1 Å². The van der Waals surface area contributed by atoms with E-state index in [0.29, 0.717) is 11.3 Å². The van der Waals surface area contributed by atoms with Crippen LogP contribution in [0, 0.1) is 10.1 Å². The molecule has 0 fully saturated rings. The van der Waals surface area contributed by atoms with Crippen molar-refractivity contribution >= 4 is 15.7 Å². The van der Waals surface area contributed by atoms with Crippen molar-refractivity contribution in [3.8, 4) is 0 Å². The number of benzene rings is 1. The topological polar surface area (TPSA) is 80.5 Å². The smallest absolute Gasteiger partial charge is 0.262 e. The van der Waals surface area contributed by atoms with Gasteiger partial charge in [0.1, 0.15) is 0 Å². The molecule has 1 aliphatic heterocycles. The summed E-state index contributed by atoms with van der Waals surface area (Å²) in [5.74, 6) is -0.314. The van der Waals surface area contributed by atoms with Crippen molar-refractivity contribution in [2.45, 2.75) is 12.6 Å². The van der Waals surface area contributed by atoms with Crippen LogP contribution < -0.4 is 4.31 Å². The van der Waals surface area contributed by atoms with Crippen molar-refractivity contribution in [3.05, 3.63) is 52.6 Å². The summed E-state index contributed by atoms with van der Waals surface area (Å²) in [7, 11) is -3.74. The first kappa shape index (κ1) is 12.6. The summed E-state index contributed by atoms with van der Waals surface area (Å²) in [6, 6.07) is 6.69. The summed E-state index contributed by atoms with van der Waals surface area (Å²) in [5.41, 5.74) is 1.06. The molecule has 1 heterocycles. The molecular formula is C11H12N2O4S. The first-order valence-electron chi connectivity index (χ1n) is 5.32. The molecule has 96 valence electrons. The number of hydrogen-bond donors (Lipinski definition) is 0. The maximum absolute atomic E-state index is 12.1. The fraction of sp³-hybridized carbons (Fsp3) is 0.273. The second-order valence-corrected chi connectivity index (χ2v) is 5.85. The van der Waals surface area contributed by atoms with E-state index in [2.05, 4.69) is 6.58 Å². The molecule has 1 unspecified atom stereocenters. The molecule has 0 saturated carbocycles. The highest BCUT2D eigenvalue weighted by Gasteiger charge is 2.43. The molecule has 0 amide bonds. The Bertz CT molecular complexity index is 597. The van der Waals surface area contributed by atoms with Crippen LogP contribution in [0.5, 0.6) is 0 Å². The molecule has 0 radical (unpaired) electrons. The van der Waals surface area contributed by atoms with Crippen molar-refractivity contribution in [2.24, 2.45) is 0 Å². The molecule has 7 heteroatoms. The molecule has 2 rings (SSSR count). The summed E-state index contributed by atoms with van der Waals surface area (Å²) in [6.07, 6.45) is 0.0691. The summed E-state index contributed by atoms with van der Waals surface area (Å²) >= 11 is 0. The number of nitro groups is 1. The molecule has 1 aromatic carbocycles. The van der Waals surface area contributed by atoms with Crippen LogP contribution in [0.1, 0.15) is 5.56 Å². The van der Waals surface area contributed by atoms with Gasteiger partial charge in [0.15, 0.2) is 0 Å². The Morgan fingerprint density at radius 3 is 2.78 bits per heavy atom. The zero-order chi connectivity index (χ0) is 13.3. The van der Waals surface area contributed by atoms with E-state index in [1.807, 2.05) is 0 Å². The van der Waals surface area contributed by atoms with Crippen LogP contribution in [0.3, 0.4) is 0 Å². The largest absolute Gasteiger partial charge is 0.303 e. The average Bonchev–Trinajstić information content (AvgIpc) is 2.68. The van der Waals surface area contributed by atoms with Gasteiger partial charge in [-0.25, -0.2) is 12.7 Å². The van der Waals surface area contributed by atoms with Gasteiger partial charge in [-0.2, -0.15) is 0 Å². The minimum atomic E-state index is -3.74. The van der Waals surface area contributed by atoms with Gasteiger partial charge in [-0.15, -0.1) is 6.58 Å². The molecule has 0 spiro atoms. The summed E-state index contributed by atoms with van der Waals surface area (Å²) < 4.78 is 25.0. The summed E-state index contributed by atoms with van der Waals surface area (Å²) in [4.78, 5) is 10.4. The Hall–Kier alpha value is -1.89. The number of para-hydroxylation sites is 1. The summed E-state index contributed by atoms with van der Waals surface area (Å²) in [5, 5.41) is 11.0. The third kappa shape index (κ3) is 1.97. The van der Waals surface area contributed by atoms with Crippen LogP contribution in [0.15, 0.2) is 36.9 Å². The van der Waals surface area contributed by atoms with E-state index in [-0.39, 0.29) is 12.2 Å². The van der Waals surface area contributed by atoms with E-state index in [9.17, 15) is 18.5 Å². The minimum Gasteiger partial charge on any atom is -0.262 e. The first-order chi connectivity index (χ1) is 8.47. The fourth-order valence-electron chi connectivity index (χ4n) is 2.06. The number of rotatable bonds is 4. The number of fused-ring (bicyclic) bond motifs is 1. The fourth-order valence-corrected chi connectivity index (χ4v) is 3.52. The number of anilines is 1. The third-order valence-corrected chi connectivity index (χ3v) is 4.47. The van der Waals surface area contributed by atoms with Gasteiger partial charge in [0.05, 0.1) is 17.9 Å². The van der Waals surface area contributed by atoms with Gasteiger partial charge in [-0.1, -0.05) is 24.3 Å². The molecule has 1 aliphatic rings. The number of hydrogen-bond acceptors (Lipinski definition) is 4. The van der Waals surface area contributed by atoms with Gasteiger partial charge in [-0.05, 0) is 11.6 Å². The molecule has 0 bridgehead atoms. The second kappa shape index (κ2) is 4.41. The first-order valence-corrected chi connectivity index (χ1v) is 6.92. The van der Waals surface area contributed by atoms with E-state index in [0.717, 1.165) is 4.31 Å². The third-order valence-electron chi connectivity index (χ3n) is 2.77. The Morgan fingerprint density at radius 2 is 2.17 bits per heavy atom. The highest BCUT2D eigenvalue weighted by atomic mass is 32.2. The quantitative estimate of drug-likeness (QED) is 0.466. The van der Waals surface area contributed by atoms with Crippen LogP contribution in [0.4, 0.5) is 5.69 Å². The van der Waals surface area contributed by atoms with Crippen molar-refractivity contribution in [3.63, 3.8) is 0 Å². The SMILES string of the molecule is C=CCS(=O)(=O)N1c2ccccc2CC1[N+](=O)[O-]. The van der Waals surface area contributed by atoms with Gasteiger partial charge in [0, 0.05) is 4.92 Å². The maximum Gasteiger partial charge on any atom is 0.303 e. The molecule has 1 aromatic rings. The zero-order valence-electron chi connectivity index (χ0n) is 9.52. The van der Waals surface area contributed by atoms with Crippen LogP contribution in [-0.4, -0.2) is 25.3 Å². The van der Waals surface area contributed by atoms with E-state index >= 15 is 0 Å². The Balaban J connectivity index is 2.53. The minimum absolute atomic E-state index is 0.0968. The zero-order valence-corrected chi connectivity index (χ0v) is 10.3. The van der Waals surface area contributed by atoms with Crippen molar-refractivity contribution < 1.29 is 13.3 Å². The second-order valence-electron chi connectivity index (χ2n) is 3.96. The molecule has 0 aliphatic carbocycles.